The first-order valence-corrected chi connectivity index (χ1v) is 5.83. The lowest BCUT2D eigenvalue weighted by atomic mass is 9.92. The molecule has 0 amide bonds. The van der Waals surface area contributed by atoms with Crippen molar-refractivity contribution < 1.29 is 9.53 Å². The molecule has 0 aromatic heterocycles. The van der Waals surface area contributed by atoms with E-state index in [-0.39, 0.29) is 5.78 Å². The number of para-hydroxylation sites is 1. The van der Waals surface area contributed by atoms with E-state index < -0.39 is 0 Å². The summed E-state index contributed by atoms with van der Waals surface area (Å²) in [4.78, 5) is 11.4. The first kappa shape index (κ1) is 11.6. The van der Waals surface area contributed by atoms with Crippen LogP contribution >= 0.6 is 0 Å². The lowest BCUT2D eigenvalue weighted by molar-refractivity contribution is -0.114. The molecule has 0 N–H and O–H groups in total. The topological polar surface area (TPSA) is 26.3 Å². The molecule has 1 aliphatic carbocycles. The molecule has 0 aliphatic heterocycles. The van der Waals surface area contributed by atoms with Crippen molar-refractivity contribution in [2.24, 2.45) is 0 Å². The van der Waals surface area contributed by atoms with E-state index in [1.54, 1.807) is 6.08 Å². The van der Waals surface area contributed by atoms with E-state index in [1.807, 2.05) is 31.2 Å². The molecule has 0 spiro atoms. The second kappa shape index (κ2) is 5.00. The maximum atomic E-state index is 11.4. The molecule has 0 unspecified atom stereocenters. The third-order valence-corrected chi connectivity index (χ3v) is 2.72. The van der Waals surface area contributed by atoms with Crippen LogP contribution in [-0.4, -0.2) is 5.78 Å². The average Bonchev–Trinajstić information content (AvgIpc) is 2.29. The minimum absolute atomic E-state index is 0.205. The first-order valence-electron chi connectivity index (χ1n) is 5.83. The van der Waals surface area contributed by atoms with Crippen LogP contribution < -0.4 is 4.74 Å². The molecule has 1 aromatic rings. The maximum Gasteiger partial charge on any atom is 0.155 e. The molecule has 17 heavy (non-hydrogen) atoms. The summed E-state index contributed by atoms with van der Waals surface area (Å²) in [6.45, 7) is 5.56. The highest BCUT2D eigenvalue weighted by molar-refractivity contribution is 5.98. The molecule has 88 valence electrons. The van der Waals surface area contributed by atoms with Gasteiger partial charge in [-0.3, -0.25) is 4.79 Å². The Bertz CT molecular complexity index is 483. The Morgan fingerprint density at radius 3 is 2.76 bits per heavy atom. The van der Waals surface area contributed by atoms with Crippen molar-refractivity contribution in [1.29, 1.82) is 0 Å². The number of benzene rings is 1. The monoisotopic (exact) mass is 228 g/mol. The maximum absolute atomic E-state index is 11.4. The second-order valence-corrected chi connectivity index (χ2v) is 4.29. The lowest BCUT2D eigenvalue weighted by Crippen LogP contribution is -2.03. The van der Waals surface area contributed by atoms with Gasteiger partial charge in [-0.1, -0.05) is 24.8 Å². The van der Waals surface area contributed by atoms with E-state index in [9.17, 15) is 4.79 Å². The van der Waals surface area contributed by atoms with Crippen LogP contribution in [0.5, 0.6) is 5.75 Å². The van der Waals surface area contributed by atoms with E-state index in [1.165, 1.54) is 0 Å². The van der Waals surface area contributed by atoms with Gasteiger partial charge in [-0.2, -0.15) is 0 Å². The first-order chi connectivity index (χ1) is 8.16. The molecular weight excluding hydrogens is 212 g/mol. The van der Waals surface area contributed by atoms with Crippen LogP contribution in [-0.2, 0) is 4.79 Å². The van der Waals surface area contributed by atoms with E-state index in [0.717, 1.165) is 29.7 Å². The predicted molar refractivity (Wildman–Crippen MR) is 68.7 cm³/mol. The Morgan fingerprint density at radius 1 is 1.29 bits per heavy atom. The summed E-state index contributed by atoms with van der Waals surface area (Å²) in [5, 5.41) is 0. The van der Waals surface area contributed by atoms with Crippen molar-refractivity contribution in [2.75, 3.05) is 0 Å². The van der Waals surface area contributed by atoms with Crippen LogP contribution in [0, 0.1) is 0 Å². The summed E-state index contributed by atoms with van der Waals surface area (Å²) in [6.07, 6.45) is 4.26. The lowest BCUT2D eigenvalue weighted by Gasteiger charge is -2.16. The highest BCUT2D eigenvalue weighted by Gasteiger charge is 2.14. The zero-order chi connectivity index (χ0) is 12.3. The Balaban J connectivity index is 2.37. The van der Waals surface area contributed by atoms with Crippen LogP contribution in [0.2, 0.25) is 0 Å². The quantitative estimate of drug-likeness (QED) is 0.737. The molecule has 2 rings (SSSR count). The minimum atomic E-state index is 0.205. The fourth-order valence-electron chi connectivity index (χ4n) is 2.01. The summed E-state index contributed by atoms with van der Waals surface area (Å²) >= 11 is 0. The Morgan fingerprint density at radius 2 is 2.06 bits per heavy atom. The SMILES string of the molecule is C=C(C)Oc1ccccc1C1=CC(=O)CCC1. The largest absolute Gasteiger partial charge is 0.462 e. The zero-order valence-corrected chi connectivity index (χ0v) is 10.0. The Kier molecular flexibility index (Phi) is 3.43. The number of ether oxygens (including phenoxy) is 1. The summed E-state index contributed by atoms with van der Waals surface area (Å²) in [6, 6.07) is 7.78. The van der Waals surface area contributed by atoms with Gasteiger partial charge >= 0.3 is 0 Å². The van der Waals surface area contributed by atoms with Crippen molar-refractivity contribution in [3.05, 3.63) is 48.2 Å². The smallest absolute Gasteiger partial charge is 0.155 e. The van der Waals surface area contributed by atoms with Crippen molar-refractivity contribution in [3.63, 3.8) is 0 Å². The number of carbonyl (C=O) groups is 1. The van der Waals surface area contributed by atoms with Crippen LogP contribution in [0.1, 0.15) is 31.7 Å². The fraction of sp³-hybridized carbons (Fsp3) is 0.267. The summed E-state index contributed by atoms with van der Waals surface area (Å²) < 4.78 is 5.59. The Hall–Kier alpha value is -1.83. The highest BCUT2D eigenvalue weighted by Crippen LogP contribution is 2.32. The van der Waals surface area contributed by atoms with Gasteiger partial charge in [0.05, 0.1) is 5.76 Å². The summed E-state index contributed by atoms with van der Waals surface area (Å²) in [5.74, 6) is 1.64. The minimum Gasteiger partial charge on any atom is -0.462 e. The van der Waals surface area contributed by atoms with Gasteiger partial charge in [0.15, 0.2) is 5.78 Å². The van der Waals surface area contributed by atoms with Gasteiger partial charge in [-0.15, -0.1) is 0 Å². The van der Waals surface area contributed by atoms with Crippen molar-refractivity contribution in [1.82, 2.24) is 0 Å². The predicted octanol–water partition coefficient (Wildman–Crippen LogP) is 3.74. The van der Waals surface area contributed by atoms with Gasteiger partial charge in [-0.05, 0) is 37.5 Å². The number of allylic oxidation sites excluding steroid dienone is 3. The van der Waals surface area contributed by atoms with Gasteiger partial charge in [0, 0.05) is 12.0 Å². The number of hydrogen-bond acceptors (Lipinski definition) is 2. The van der Waals surface area contributed by atoms with Crippen LogP contribution in [0.3, 0.4) is 0 Å². The van der Waals surface area contributed by atoms with E-state index >= 15 is 0 Å². The Labute approximate surface area is 102 Å². The van der Waals surface area contributed by atoms with Crippen molar-refractivity contribution in [3.8, 4) is 5.75 Å². The number of hydrogen-bond donors (Lipinski definition) is 0. The van der Waals surface area contributed by atoms with Crippen LogP contribution in [0.4, 0.5) is 0 Å². The van der Waals surface area contributed by atoms with Crippen molar-refractivity contribution >= 4 is 11.4 Å². The highest BCUT2D eigenvalue weighted by atomic mass is 16.5. The number of carbonyl (C=O) groups excluding carboxylic acids is 1. The van der Waals surface area contributed by atoms with E-state index in [2.05, 4.69) is 6.58 Å². The molecule has 0 radical (unpaired) electrons. The molecule has 0 bridgehead atoms. The molecule has 2 heteroatoms. The van der Waals surface area contributed by atoms with Gasteiger partial charge in [0.1, 0.15) is 5.75 Å². The third kappa shape index (κ3) is 2.84. The molecule has 0 fully saturated rings. The summed E-state index contributed by atoms with van der Waals surface area (Å²) in [5.41, 5.74) is 2.07. The van der Waals surface area contributed by atoms with Gasteiger partial charge in [-0.25, -0.2) is 0 Å². The number of ketones is 1. The molecule has 0 saturated carbocycles. The molecule has 0 atom stereocenters. The molecule has 0 saturated heterocycles. The van der Waals surface area contributed by atoms with Crippen molar-refractivity contribution in [2.45, 2.75) is 26.2 Å². The van der Waals surface area contributed by atoms with Crippen LogP contribution in [0.25, 0.3) is 5.57 Å². The molecule has 0 heterocycles. The average molecular weight is 228 g/mol. The van der Waals surface area contributed by atoms with Gasteiger partial charge in [0.2, 0.25) is 0 Å². The summed E-state index contributed by atoms with van der Waals surface area (Å²) in [7, 11) is 0. The van der Waals surface area contributed by atoms with E-state index in [0.29, 0.717) is 12.2 Å². The van der Waals surface area contributed by atoms with Gasteiger partial charge in [0.25, 0.3) is 0 Å². The molecule has 1 aromatic carbocycles. The normalized spacial score (nSPS) is 15.4. The molecule has 1 aliphatic rings. The zero-order valence-electron chi connectivity index (χ0n) is 10.0. The second-order valence-electron chi connectivity index (χ2n) is 4.29. The molecule has 2 nitrogen and oxygen atoms in total. The number of rotatable bonds is 3. The molecular formula is C15H16O2. The standard InChI is InChI=1S/C15H16O2/c1-11(2)17-15-9-4-3-8-14(15)12-6-5-7-13(16)10-12/h3-4,8-10H,1,5-7H2,2H3. The van der Waals surface area contributed by atoms with Crippen LogP contribution in [0.15, 0.2) is 42.7 Å². The van der Waals surface area contributed by atoms with Gasteiger partial charge < -0.3 is 4.74 Å². The van der Waals surface area contributed by atoms with E-state index in [4.69, 9.17) is 4.74 Å². The fourth-order valence-corrected chi connectivity index (χ4v) is 2.01. The third-order valence-electron chi connectivity index (χ3n) is 2.72.